The fourth-order valence-corrected chi connectivity index (χ4v) is 5.71. The molecule has 4 nitrogen and oxygen atoms in total. The Morgan fingerprint density at radius 2 is 1.58 bits per heavy atom. The van der Waals surface area contributed by atoms with E-state index in [-0.39, 0.29) is 0 Å². The molecule has 1 fully saturated rings. The van der Waals surface area contributed by atoms with Crippen LogP contribution < -0.4 is 4.90 Å². The van der Waals surface area contributed by atoms with Gasteiger partial charge in [-0.1, -0.05) is 65.8 Å². The molecule has 0 unspecified atom stereocenters. The molecule has 6 heteroatoms. The second-order valence-electron chi connectivity index (χ2n) is 8.15. The van der Waals surface area contributed by atoms with Gasteiger partial charge in [-0.05, 0) is 36.7 Å². The Morgan fingerprint density at radius 1 is 0.839 bits per heavy atom. The second-order valence-corrected chi connectivity index (χ2v) is 9.67. The highest BCUT2D eigenvalue weighted by molar-refractivity contribution is 7.99. The van der Waals surface area contributed by atoms with Gasteiger partial charge in [0.15, 0.2) is 0 Å². The molecule has 0 saturated carbocycles. The zero-order valence-corrected chi connectivity index (χ0v) is 19.2. The average Bonchev–Trinajstić information content (AvgIpc) is 2.80. The van der Waals surface area contributed by atoms with Gasteiger partial charge in [-0.3, -0.25) is 4.90 Å². The molecule has 0 spiro atoms. The predicted octanol–water partition coefficient (Wildman–Crippen LogP) is 5.55. The second kappa shape index (κ2) is 9.61. The number of hydrogen-bond acceptors (Lipinski definition) is 5. The summed E-state index contributed by atoms with van der Waals surface area (Å²) in [5.41, 5.74) is 2.66. The van der Waals surface area contributed by atoms with Gasteiger partial charge in [0, 0.05) is 50.4 Å². The lowest BCUT2D eigenvalue weighted by atomic mass is 10.2. The normalized spacial score (nSPS) is 16.7. The fraction of sp³-hybridized carbons (Fsp3) is 0.320. The van der Waals surface area contributed by atoms with Crippen molar-refractivity contribution >= 4 is 34.9 Å². The van der Waals surface area contributed by atoms with Crippen LogP contribution in [-0.4, -0.2) is 54.1 Å². The first-order valence-electron chi connectivity index (χ1n) is 10.9. The van der Waals surface area contributed by atoms with Gasteiger partial charge in [-0.15, -0.1) is 0 Å². The summed E-state index contributed by atoms with van der Waals surface area (Å²) in [6, 6.07) is 21.4. The summed E-state index contributed by atoms with van der Waals surface area (Å²) in [4.78, 5) is 14.6. The highest BCUT2D eigenvalue weighted by Crippen LogP contribution is 2.47. The number of pyridine rings is 1. The summed E-state index contributed by atoms with van der Waals surface area (Å²) < 4.78 is 0. The topological polar surface area (TPSA) is 22.6 Å². The first-order chi connectivity index (χ1) is 15.3. The molecule has 0 atom stereocenters. The van der Waals surface area contributed by atoms with E-state index >= 15 is 0 Å². The van der Waals surface area contributed by atoms with Crippen LogP contribution in [0.1, 0.15) is 12.0 Å². The van der Waals surface area contributed by atoms with E-state index in [2.05, 4.69) is 74.3 Å². The molecule has 3 heterocycles. The predicted molar refractivity (Wildman–Crippen MR) is 130 cm³/mol. The Morgan fingerprint density at radius 3 is 2.42 bits per heavy atom. The summed E-state index contributed by atoms with van der Waals surface area (Å²) in [5, 5.41) is 0.693. The van der Waals surface area contributed by atoms with Gasteiger partial charge in [0.2, 0.25) is 0 Å². The van der Waals surface area contributed by atoms with Crippen molar-refractivity contribution in [2.45, 2.75) is 22.8 Å². The fourth-order valence-electron chi connectivity index (χ4n) is 4.38. The van der Waals surface area contributed by atoms with Crippen molar-refractivity contribution in [1.82, 2.24) is 14.8 Å². The van der Waals surface area contributed by atoms with Crippen LogP contribution in [0.15, 0.2) is 76.7 Å². The Bertz CT molecular complexity index is 1020. The van der Waals surface area contributed by atoms with Crippen molar-refractivity contribution in [1.29, 1.82) is 0 Å². The lowest BCUT2D eigenvalue weighted by Crippen LogP contribution is -2.46. The van der Waals surface area contributed by atoms with Crippen LogP contribution in [0.3, 0.4) is 0 Å². The minimum atomic E-state index is 0.693. The number of halogens is 1. The maximum absolute atomic E-state index is 6.22. The molecule has 0 amide bonds. The van der Waals surface area contributed by atoms with E-state index in [9.17, 15) is 0 Å². The van der Waals surface area contributed by atoms with E-state index in [0.717, 1.165) is 62.9 Å². The minimum absolute atomic E-state index is 0.693. The molecule has 0 radical (unpaired) electrons. The number of aromatic nitrogens is 1. The molecule has 1 saturated heterocycles. The van der Waals surface area contributed by atoms with Crippen LogP contribution >= 0.6 is 23.4 Å². The van der Waals surface area contributed by atoms with E-state index < -0.39 is 0 Å². The number of para-hydroxylation sites is 1. The third-order valence-electron chi connectivity index (χ3n) is 6.00. The van der Waals surface area contributed by atoms with Gasteiger partial charge in [-0.2, -0.15) is 0 Å². The van der Waals surface area contributed by atoms with E-state index in [4.69, 9.17) is 11.6 Å². The van der Waals surface area contributed by atoms with Crippen LogP contribution in [0.4, 0.5) is 11.5 Å². The number of nitrogens with zero attached hydrogens (tertiary/aromatic N) is 4. The van der Waals surface area contributed by atoms with Gasteiger partial charge in [0.1, 0.15) is 5.82 Å². The van der Waals surface area contributed by atoms with E-state index in [1.54, 1.807) is 18.0 Å². The third-order valence-corrected chi connectivity index (χ3v) is 7.29. The molecule has 0 bridgehead atoms. The number of anilines is 2. The molecule has 0 aliphatic carbocycles. The van der Waals surface area contributed by atoms with Crippen molar-refractivity contribution in [3.05, 3.63) is 77.4 Å². The molecule has 1 aromatic heterocycles. The van der Waals surface area contributed by atoms with E-state index in [1.807, 2.05) is 6.07 Å². The molecule has 0 N–H and O–H groups in total. The van der Waals surface area contributed by atoms with Crippen LogP contribution in [0.5, 0.6) is 0 Å². The molecule has 2 aromatic carbocycles. The highest BCUT2D eigenvalue weighted by atomic mass is 35.5. The lowest BCUT2D eigenvalue weighted by Gasteiger charge is -2.36. The molecule has 2 aliphatic rings. The lowest BCUT2D eigenvalue weighted by molar-refractivity contribution is 0.126. The zero-order chi connectivity index (χ0) is 21.0. The van der Waals surface area contributed by atoms with Crippen LogP contribution in [0.2, 0.25) is 5.02 Å². The Kier molecular flexibility index (Phi) is 6.46. The Balaban J connectivity index is 1.17. The molecular weight excluding hydrogens is 424 g/mol. The molecule has 2 aliphatic heterocycles. The Hall–Kier alpha value is -2.05. The third kappa shape index (κ3) is 4.90. The number of rotatable bonds is 6. The number of piperazine rings is 1. The molecular formula is C25H27ClN4S. The zero-order valence-electron chi connectivity index (χ0n) is 17.6. The standard InChI is InChI=1S/C25H27ClN4S/c26-21-17-24-25(27-18-21)30(22-9-4-5-10-23(22)31-24)12-6-11-28-13-15-29(16-14-28)19-20-7-2-1-3-8-20/h1-5,7-10,17-18H,6,11-16,19H2. The van der Waals surface area contributed by atoms with Crippen molar-refractivity contribution in [3.8, 4) is 0 Å². The molecule has 3 aromatic rings. The summed E-state index contributed by atoms with van der Waals surface area (Å²) in [5.74, 6) is 1.03. The summed E-state index contributed by atoms with van der Waals surface area (Å²) in [7, 11) is 0. The van der Waals surface area contributed by atoms with Gasteiger partial charge in [-0.25, -0.2) is 4.98 Å². The molecule has 31 heavy (non-hydrogen) atoms. The quantitative estimate of drug-likeness (QED) is 0.490. The maximum atomic E-state index is 6.22. The van der Waals surface area contributed by atoms with Crippen LogP contribution in [-0.2, 0) is 6.54 Å². The number of fused-ring (bicyclic) bond motifs is 2. The first kappa shape index (κ1) is 20.8. The maximum Gasteiger partial charge on any atom is 0.147 e. The van der Waals surface area contributed by atoms with Crippen molar-refractivity contribution < 1.29 is 0 Å². The first-order valence-corrected chi connectivity index (χ1v) is 12.1. The van der Waals surface area contributed by atoms with E-state index in [1.165, 1.54) is 16.1 Å². The summed E-state index contributed by atoms with van der Waals surface area (Å²) in [6.45, 7) is 7.70. The summed E-state index contributed by atoms with van der Waals surface area (Å²) in [6.07, 6.45) is 2.87. The van der Waals surface area contributed by atoms with Gasteiger partial charge < -0.3 is 9.80 Å². The highest BCUT2D eigenvalue weighted by Gasteiger charge is 2.25. The summed E-state index contributed by atoms with van der Waals surface area (Å²) >= 11 is 7.97. The van der Waals surface area contributed by atoms with Gasteiger partial charge >= 0.3 is 0 Å². The SMILES string of the molecule is Clc1cnc2c(c1)Sc1ccccc1N2CCCN1CCN(Cc2ccccc2)CC1. The molecule has 160 valence electrons. The van der Waals surface area contributed by atoms with Crippen LogP contribution in [0.25, 0.3) is 0 Å². The largest absolute Gasteiger partial charge is 0.324 e. The Labute approximate surface area is 193 Å². The van der Waals surface area contributed by atoms with Gasteiger partial charge in [0.05, 0.1) is 15.6 Å². The number of hydrogen-bond donors (Lipinski definition) is 0. The van der Waals surface area contributed by atoms with Crippen molar-refractivity contribution in [2.75, 3.05) is 44.2 Å². The van der Waals surface area contributed by atoms with E-state index in [0.29, 0.717) is 5.02 Å². The monoisotopic (exact) mass is 450 g/mol. The average molecular weight is 451 g/mol. The smallest absolute Gasteiger partial charge is 0.147 e. The number of benzene rings is 2. The minimum Gasteiger partial charge on any atom is -0.324 e. The van der Waals surface area contributed by atoms with Crippen molar-refractivity contribution in [3.63, 3.8) is 0 Å². The van der Waals surface area contributed by atoms with Crippen molar-refractivity contribution in [2.24, 2.45) is 0 Å². The van der Waals surface area contributed by atoms with Gasteiger partial charge in [0.25, 0.3) is 0 Å². The van der Waals surface area contributed by atoms with Crippen LogP contribution in [0, 0.1) is 0 Å². The molecule has 5 rings (SSSR count).